The van der Waals surface area contributed by atoms with Crippen molar-refractivity contribution in [2.24, 2.45) is 0 Å². The summed E-state index contributed by atoms with van der Waals surface area (Å²) >= 11 is 5.92. The van der Waals surface area contributed by atoms with Crippen molar-refractivity contribution >= 4 is 23.5 Å². The van der Waals surface area contributed by atoms with Gasteiger partial charge in [0, 0.05) is 11.6 Å². The van der Waals surface area contributed by atoms with E-state index in [-0.39, 0.29) is 12.3 Å². The highest BCUT2D eigenvalue weighted by molar-refractivity contribution is 6.31. The maximum atomic E-state index is 12.2. The van der Waals surface area contributed by atoms with E-state index < -0.39 is 5.97 Å². The Bertz CT molecular complexity index is 728. The first-order chi connectivity index (χ1) is 11.5. The van der Waals surface area contributed by atoms with E-state index >= 15 is 0 Å². The topological polar surface area (TPSA) is 75.6 Å². The summed E-state index contributed by atoms with van der Waals surface area (Å²) in [6, 6.07) is 12.2. The van der Waals surface area contributed by atoms with E-state index in [1.165, 1.54) is 7.11 Å². The van der Waals surface area contributed by atoms with Crippen LogP contribution in [-0.2, 0) is 17.6 Å². The molecule has 0 aliphatic carbocycles. The van der Waals surface area contributed by atoms with Gasteiger partial charge in [0.25, 0.3) is 5.91 Å². The Morgan fingerprint density at radius 1 is 1.12 bits per heavy atom. The van der Waals surface area contributed by atoms with Crippen LogP contribution in [-0.4, -0.2) is 30.6 Å². The number of carboxylic acids is 1. The molecule has 0 aliphatic heterocycles. The molecule has 0 aromatic heterocycles. The largest absolute Gasteiger partial charge is 0.496 e. The number of carbonyl (C=O) groups excluding carboxylic acids is 1. The molecule has 126 valence electrons. The highest BCUT2D eigenvalue weighted by Gasteiger charge is 2.12. The number of methoxy groups -OCH3 is 1. The van der Waals surface area contributed by atoms with Gasteiger partial charge in [-0.3, -0.25) is 9.59 Å². The van der Waals surface area contributed by atoms with Crippen LogP contribution in [0.5, 0.6) is 5.75 Å². The number of aliphatic carboxylic acids is 1. The van der Waals surface area contributed by atoms with Crippen molar-refractivity contribution in [1.82, 2.24) is 5.32 Å². The van der Waals surface area contributed by atoms with Gasteiger partial charge in [-0.25, -0.2) is 0 Å². The fraction of sp³-hybridized carbons (Fsp3) is 0.222. The van der Waals surface area contributed by atoms with Crippen LogP contribution in [0.2, 0.25) is 5.02 Å². The molecule has 2 aromatic rings. The summed E-state index contributed by atoms with van der Waals surface area (Å²) in [5, 5.41) is 12.0. The molecule has 5 nitrogen and oxygen atoms in total. The highest BCUT2D eigenvalue weighted by Crippen LogP contribution is 2.22. The van der Waals surface area contributed by atoms with Gasteiger partial charge in [0.1, 0.15) is 5.75 Å². The number of halogens is 1. The van der Waals surface area contributed by atoms with E-state index in [4.69, 9.17) is 21.4 Å². The number of nitrogens with one attached hydrogen (secondary N) is 1. The number of rotatable bonds is 7. The van der Waals surface area contributed by atoms with Crippen molar-refractivity contribution in [2.75, 3.05) is 13.7 Å². The van der Waals surface area contributed by atoms with Gasteiger partial charge in [-0.05, 0) is 35.7 Å². The molecular formula is C18H18ClNO4. The molecule has 0 aliphatic rings. The Morgan fingerprint density at radius 2 is 1.79 bits per heavy atom. The van der Waals surface area contributed by atoms with E-state index in [9.17, 15) is 9.59 Å². The standard InChI is InChI=1S/C18H18ClNO4/c1-24-16-7-6-14(19)11-15(16)18(23)20-9-8-12-2-4-13(5-3-12)10-17(21)22/h2-7,11H,8-10H2,1H3,(H,20,23)(H,21,22). The molecule has 0 unspecified atom stereocenters. The summed E-state index contributed by atoms with van der Waals surface area (Å²) in [6.45, 7) is 0.451. The van der Waals surface area contributed by atoms with Crippen LogP contribution >= 0.6 is 11.6 Å². The molecule has 2 rings (SSSR count). The summed E-state index contributed by atoms with van der Waals surface area (Å²) in [4.78, 5) is 22.9. The lowest BCUT2D eigenvalue weighted by Crippen LogP contribution is -2.26. The summed E-state index contributed by atoms with van der Waals surface area (Å²) in [5.74, 6) is -0.641. The molecule has 24 heavy (non-hydrogen) atoms. The third-order valence-corrected chi connectivity index (χ3v) is 3.72. The molecule has 0 bridgehead atoms. The molecule has 2 aromatic carbocycles. The zero-order valence-electron chi connectivity index (χ0n) is 13.2. The van der Waals surface area contributed by atoms with Crippen molar-refractivity contribution in [3.05, 3.63) is 64.2 Å². The van der Waals surface area contributed by atoms with Gasteiger partial charge in [-0.15, -0.1) is 0 Å². The lowest BCUT2D eigenvalue weighted by Gasteiger charge is -2.10. The summed E-state index contributed by atoms with van der Waals surface area (Å²) in [5.41, 5.74) is 2.16. The molecule has 1 amide bonds. The van der Waals surface area contributed by atoms with Crippen molar-refractivity contribution in [3.8, 4) is 5.75 Å². The first-order valence-corrected chi connectivity index (χ1v) is 7.78. The minimum Gasteiger partial charge on any atom is -0.496 e. The average molecular weight is 348 g/mol. The van der Waals surface area contributed by atoms with Gasteiger partial charge in [0.15, 0.2) is 0 Å². The van der Waals surface area contributed by atoms with E-state index in [1.807, 2.05) is 12.1 Å². The second-order valence-electron chi connectivity index (χ2n) is 5.24. The SMILES string of the molecule is COc1ccc(Cl)cc1C(=O)NCCc1ccc(CC(=O)O)cc1. The number of benzene rings is 2. The number of ether oxygens (including phenoxy) is 1. The monoisotopic (exact) mass is 347 g/mol. The minimum absolute atomic E-state index is 0.00553. The second-order valence-corrected chi connectivity index (χ2v) is 5.67. The lowest BCUT2D eigenvalue weighted by molar-refractivity contribution is -0.136. The van der Waals surface area contributed by atoms with E-state index in [0.717, 1.165) is 11.1 Å². The zero-order valence-corrected chi connectivity index (χ0v) is 14.0. The third kappa shape index (κ3) is 4.99. The number of carboxylic acid groups (broad SMARTS) is 1. The number of carbonyl (C=O) groups is 2. The van der Waals surface area contributed by atoms with Crippen LogP contribution in [0.25, 0.3) is 0 Å². The maximum Gasteiger partial charge on any atom is 0.307 e. The van der Waals surface area contributed by atoms with Crippen LogP contribution in [0.1, 0.15) is 21.5 Å². The predicted octanol–water partition coefficient (Wildman–Crippen LogP) is 2.95. The molecule has 0 heterocycles. The van der Waals surface area contributed by atoms with Crippen LogP contribution in [0.15, 0.2) is 42.5 Å². The lowest BCUT2D eigenvalue weighted by atomic mass is 10.1. The molecule has 0 radical (unpaired) electrons. The number of hydrogen-bond acceptors (Lipinski definition) is 3. The van der Waals surface area contributed by atoms with E-state index in [0.29, 0.717) is 29.3 Å². The van der Waals surface area contributed by atoms with E-state index in [2.05, 4.69) is 5.32 Å². The zero-order chi connectivity index (χ0) is 17.5. The Morgan fingerprint density at radius 3 is 2.42 bits per heavy atom. The van der Waals surface area contributed by atoms with Gasteiger partial charge in [0.2, 0.25) is 0 Å². The third-order valence-electron chi connectivity index (χ3n) is 3.48. The summed E-state index contributed by atoms with van der Waals surface area (Å²) in [6.07, 6.45) is 0.646. The molecule has 0 saturated carbocycles. The number of amides is 1. The van der Waals surface area contributed by atoms with Crippen molar-refractivity contribution in [2.45, 2.75) is 12.8 Å². The first-order valence-electron chi connectivity index (χ1n) is 7.41. The van der Waals surface area contributed by atoms with Crippen LogP contribution in [0.4, 0.5) is 0 Å². The smallest absolute Gasteiger partial charge is 0.307 e. The summed E-state index contributed by atoms with van der Waals surface area (Å²) in [7, 11) is 1.50. The molecule has 6 heteroatoms. The van der Waals surface area contributed by atoms with Crippen LogP contribution in [0, 0.1) is 0 Å². The van der Waals surface area contributed by atoms with Gasteiger partial charge < -0.3 is 15.2 Å². The molecule has 0 fully saturated rings. The Labute approximate surface area is 145 Å². The van der Waals surface area contributed by atoms with Crippen molar-refractivity contribution in [3.63, 3.8) is 0 Å². The maximum absolute atomic E-state index is 12.2. The molecular weight excluding hydrogens is 330 g/mol. The molecule has 0 spiro atoms. The van der Waals surface area contributed by atoms with Gasteiger partial charge >= 0.3 is 5.97 Å². The molecule has 0 saturated heterocycles. The second kappa shape index (κ2) is 8.36. The minimum atomic E-state index is -0.856. The fourth-order valence-electron chi connectivity index (χ4n) is 2.27. The normalized spacial score (nSPS) is 10.2. The number of hydrogen-bond donors (Lipinski definition) is 2. The molecule has 0 atom stereocenters. The first kappa shape index (κ1) is 17.8. The highest BCUT2D eigenvalue weighted by atomic mass is 35.5. The van der Waals surface area contributed by atoms with Gasteiger partial charge in [-0.1, -0.05) is 35.9 Å². The van der Waals surface area contributed by atoms with Crippen LogP contribution in [0.3, 0.4) is 0 Å². The Balaban J connectivity index is 1.91. The average Bonchev–Trinajstić information content (AvgIpc) is 2.56. The predicted molar refractivity (Wildman–Crippen MR) is 91.8 cm³/mol. The van der Waals surface area contributed by atoms with Crippen molar-refractivity contribution < 1.29 is 19.4 Å². The van der Waals surface area contributed by atoms with Gasteiger partial charge in [-0.2, -0.15) is 0 Å². The Kier molecular flexibility index (Phi) is 6.21. The Hall–Kier alpha value is -2.53. The summed E-state index contributed by atoms with van der Waals surface area (Å²) < 4.78 is 5.16. The van der Waals surface area contributed by atoms with Gasteiger partial charge in [0.05, 0.1) is 19.1 Å². The van der Waals surface area contributed by atoms with Crippen LogP contribution < -0.4 is 10.1 Å². The molecule has 2 N–H and O–H groups in total. The van der Waals surface area contributed by atoms with Crippen molar-refractivity contribution in [1.29, 1.82) is 0 Å². The van der Waals surface area contributed by atoms with E-state index in [1.54, 1.807) is 30.3 Å². The quantitative estimate of drug-likeness (QED) is 0.807. The fourth-order valence-corrected chi connectivity index (χ4v) is 2.44.